The van der Waals surface area contributed by atoms with Crippen LogP contribution in [0.3, 0.4) is 0 Å². The molecule has 0 saturated carbocycles. The van der Waals surface area contributed by atoms with Crippen LogP contribution in [-0.4, -0.2) is 30.2 Å². The van der Waals surface area contributed by atoms with Gasteiger partial charge in [0.05, 0.1) is 6.54 Å². The molecule has 0 aromatic heterocycles. The molecule has 0 saturated heterocycles. The predicted molar refractivity (Wildman–Crippen MR) is 70.9 cm³/mol. The van der Waals surface area contributed by atoms with Gasteiger partial charge < -0.3 is 5.73 Å². The predicted octanol–water partition coefficient (Wildman–Crippen LogP) is 3.27. The smallest absolute Gasteiger partial charge is 0.326 e. The first-order valence-electron chi connectivity index (χ1n) is 6.37. The maximum absolute atomic E-state index is 12.6. The number of likely N-dealkylation sites (N-methyl/N-ethyl adjacent to an activating group) is 1. The summed E-state index contributed by atoms with van der Waals surface area (Å²) in [6.07, 6.45) is -4.21. The molecule has 2 atom stereocenters. The molecule has 0 aliphatic carbocycles. The number of hydrogen-bond acceptors (Lipinski definition) is 2. The van der Waals surface area contributed by atoms with Gasteiger partial charge in [-0.05, 0) is 26.0 Å². The minimum absolute atomic E-state index is 0.305. The number of aryl methyl sites for hydroxylation is 1. The van der Waals surface area contributed by atoms with E-state index in [1.165, 1.54) is 4.90 Å². The SMILES string of the molecule is CCN(CC(F)(F)F)C(c1ccc(C)cc1)C(C)N. The maximum atomic E-state index is 12.6. The van der Waals surface area contributed by atoms with Gasteiger partial charge in [-0.2, -0.15) is 13.2 Å². The Hall–Kier alpha value is -1.07. The van der Waals surface area contributed by atoms with E-state index in [1.807, 2.05) is 31.2 Å². The van der Waals surface area contributed by atoms with E-state index in [9.17, 15) is 13.2 Å². The number of nitrogens with zero attached hydrogens (tertiary/aromatic N) is 1. The summed E-state index contributed by atoms with van der Waals surface area (Å²) < 4.78 is 37.8. The Balaban J connectivity index is 3.01. The van der Waals surface area contributed by atoms with E-state index in [2.05, 4.69) is 0 Å². The molecule has 2 nitrogen and oxygen atoms in total. The van der Waals surface area contributed by atoms with E-state index in [1.54, 1.807) is 13.8 Å². The third kappa shape index (κ3) is 4.84. The molecule has 0 radical (unpaired) electrons. The number of halogens is 3. The fraction of sp³-hybridized carbons (Fsp3) is 0.571. The molecule has 19 heavy (non-hydrogen) atoms. The minimum Gasteiger partial charge on any atom is -0.326 e. The lowest BCUT2D eigenvalue weighted by Gasteiger charge is -2.34. The first kappa shape index (κ1) is 16.0. The first-order chi connectivity index (χ1) is 8.74. The van der Waals surface area contributed by atoms with E-state index >= 15 is 0 Å². The normalized spacial score (nSPS) is 15.6. The Morgan fingerprint density at radius 1 is 1.21 bits per heavy atom. The molecule has 0 spiro atoms. The van der Waals surface area contributed by atoms with Crippen molar-refractivity contribution in [3.8, 4) is 0 Å². The van der Waals surface area contributed by atoms with Gasteiger partial charge in [0, 0.05) is 12.1 Å². The number of alkyl halides is 3. The third-order valence-corrected chi connectivity index (χ3v) is 3.10. The van der Waals surface area contributed by atoms with Gasteiger partial charge in [-0.1, -0.05) is 36.8 Å². The van der Waals surface area contributed by atoms with Crippen LogP contribution in [0.25, 0.3) is 0 Å². The molecule has 5 heteroatoms. The molecule has 0 aliphatic rings. The molecule has 1 rings (SSSR count). The van der Waals surface area contributed by atoms with E-state index < -0.39 is 18.8 Å². The maximum Gasteiger partial charge on any atom is 0.401 e. The fourth-order valence-electron chi connectivity index (χ4n) is 2.25. The topological polar surface area (TPSA) is 29.3 Å². The Kier molecular flexibility index (Phi) is 5.38. The Morgan fingerprint density at radius 2 is 1.74 bits per heavy atom. The molecule has 0 amide bonds. The lowest BCUT2D eigenvalue weighted by Crippen LogP contribution is -2.43. The standard InChI is InChI=1S/C14H21F3N2/c1-4-19(9-14(15,16)17)13(11(3)18)12-7-5-10(2)6-8-12/h5-8,11,13H,4,9,18H2,1-3H3. The van der Waals surface area contributed by atoms with Crippen LogP contribution in [0.2, 0.25) is 0 Å². The average Bonchev–Trinajstić information content (AvgIpc) is 2.28. The van der Waals surface area contributed by atoms with E-state index in [-0.39, 0.29) is 6.04 Å². The van der Waals surface area contributed by atoms with Crippen molar-refractivity contribution in [3.63, 3.8) is 0 Å². The largest absolute Gasteiger partial charge is 0.401 e. The number of rotatable bonds is 5. The zero-order valence-corrected chi connectivity index (χ0v) is 11.5. The number of hydrogen-bond donors (Lipinski definition) is 1. The van der Waals surface area contributed by atoms with Crippen molar-refractivity contribution in [1.82, 2.24) is 4.90 Å². The van der Waals surface area contributed by atoms with E-state index in [4.69, 9.17) is 5.73 Å². The molecule has 0 heterocycles. The molecule has 0 bridgehead atoms. The Labute approximate surface area is 112 Å². The van der Waals surface area contributed by atoms with Crippen LogP contribution in [0, 0.1) is 6.92 Å². The highest BCUT2D eigenvalue weighted by Crippen LogP contribution is 2.27. The fourth-order valence-corrected chi connectivity index (χ4v) is 2.25. The van der Waals surface area contributed by atoms with Gasteiger partial charge in [0.2, 0.25) is 0 Å². The monoisotopic (exact) mass is 274 g/mol. The van der Waals surface area contributed by atoms with Gasteiger partial charge in [0.15, 0.2) is 0 Å². The molecule has 1 aromatic carbocycles. The first-order valence-corrected chi connectivity index (χ1v) is 6.37. The third-order valence-electron chi connectivity index (χ3n) is 3.10. The highest BCUT2D eigenvalue weighted by Gasteiger charge is 2.34. The van der Waals surface area contributed by atoms with Gasteiger partial charge >= 0.3 is 6.18 Å². The number of nitrogens with two attached hydrogens (primary N) is 1. The number of benzene rings is 1. The van der Waals surface area contributed by atoms with Crippen molar-refractivity contribution >= 4 is 0 Å². The van der Waals surface area contributed by atoms with Crippen LogP contribution in [-0.2, 0) is 0 Å². The molecule has 2 unspecified atom stereocenters. The highest BCUT2D eigenvalue weighted by molar-refractivity contribution is 5.25. The van der Waals surface area contributed by atoms with E-state index in [0.29, 0.717) is 6.54 Å². The van der Waals surface area contributed by atoms with Crippen molar-refractivity contribution in [1.29, 1.82) is 0 Å². The second-order valence-corrected chi connectivity index (χ2v) is 4.89. The zero-order valence-electron chi connectivity index (χ0n) is 11.5. The lowest BCUT2D eigenvalue weighted by molar-refractivity contribution is -0.151. The van der Waals surface area contributed by atoms with Crippen molar-refractivity contribution in [2.75, 3.05) is 13.1 Å². The molecular formula is C14H21F3N2. The van der Waals surface area contributed by atoms with Crippen molar-refractivity contribution in [2.45, 2.75) is 39.0 Å². The average molecular weight is 274 g/mol. The quantitative estimate of drug-likeness (QED) is 0.893. The molecule has 0 aliphatic heterocycles. The summed E-state index contributed by atoms with van der Waals surface area (Å²) in [6.45, 7) is 4.76. The van der Waals surface area contributed by atoms with Crippen LogP contribution in [0.5, 0.6) is 0 Å². The Morgan fingerprint density at radius 3 is 2.11 bits per heavy atom. The summed E-state index contributed by atoms with van der Waals surface area (Å²) in [7, 11) is 0. The minimum atomic E-state index is -4.21. The van der Waals surface area contributed by atoms with Crippen LogP contribution in [0.4, 0.5) is 13.2 Å². The zero-order chi connectivity index (χ0) is 14.6. The summed E-state index contributed by atoms with van der Waals surface area (Å²) in [5, 5.41) is 0. The van der Waals surface area contributed by atoms with Gasteiger partial charge in [-0.25, -0.2) is 0 Å². The molecule has 2 N–H and O–H groups in total. The van der Waals surface area contributed by atoms with Gasteiger partial charge in [0.25, 0.3) is 0 Å². The van der Waals surface area contributed by atoms with Crippen LogP contribution < -0.4 is 5.73 Å². The summed E-state index contributed by atoms with van der Waals surface area (Å²) in [5.41, 5.74) is 7.79. The summed E-state index contributed by atoms with van der Waals surface area (Å²) in [6, 6.07) is 6.69. The van der Waals surface area contributed by atoms with Crippen LogP contribution in [0.15, 0.2) is 24.3 Å². The van der Waals surface area contributed by atoms with Crippen molar-refractivity contribution in [3.05, 3.63) is 35.4 Å². The van der Waals surface area contributed by atoms with Gasteiger partial charge in [-0.3, -0.25) is 4.90 Å². The molecular weight excluding hydrogens is 253 g/mol. The molecule has 0 fully saturated rings. The summed E-state index contributed by atoms with van der Waals surface area (Å²) in [4.78, 5) is 1.37. The Bertz CT molecular complexity index is 385. The molecule has 108 valence electrons. The lowest BCUT2D eigenvalue weighted by atomic mass is 9.98. The summed E-state index contributed by atoms with van der Waals surface area (Å²) in [5.74, 6) is 0. The van der Waals surface area contributed by atoms with Crippen LogP contribution in [0.1, 0.15) is 31.0 Å². The van der Waals surface area contributed by atoms with Crippen molar-refractivity contribution < 1.29 is 13.2 Å². The van der Waals surface area contributed by atoms with Crippen molar-refractivity contribution in [2.24, 2.45) is 5.73 Å². The van der Waals surface area contributed by atoms with Gasteiger partial charge in [-0.15, -0.1) is 0 Å². The molecule has 1 aromatic rings. The summed E-state index contributed by atoms with van der Waals surface area (Å²) >= 11 is 0. The van der Waals surface area contributed by atoms with Gasteiger partial charge in [0.1, 0.15) is 0 Å². The van der Waals surface area contributed by atoms with Crippen LogP contribution >= 0.6 is 0 Å². The second kappa shape index (κ2) is 6.39. The van der Waals surface area contributed by atoms with E-state index in [0.717, 1.165) is 11.1 Å². The highest BCUT2D eigenvalue weighted by atomic mass is 19.4. The second-order valence-electron chi connectivity index (χ2n) is 4.89.